The number of carbonyl (C=O) groups excluding carboxylic acids is 1. The maximum atomic E-state index is 12.5. The summed E-state index contributed by atoms with van der Waals surface area (Å²) in [6.45, 7) is 4.27. The quantitative estimate of drug-likeness (QED) is 0.0420. The highest BCUT2D eigenvalue weighted by molar-refractivity contribution is 5.76. The monoisotopic (exact) mass is 922 g/mol. The lowest BCUT2D eigenvalue weighted by Crippen LogP contribution is -2.45. The van der Waals surface area contributed by atoms with Crippen molar-refractivity contribution in [1.29, 1.82) is 0 Å². The molecule has 0 spiro atoms. The van der Waals surface area contributed by atoms with Crippen molar-refractivity contribution in [3.05, 3.63) is 60.8 Å². The van der Waals surface area contributed by atoms with E-state index >= 15 is 0 Å². The Morgan fingerprint density at radius 3 is 1.00 bits per heavy atom. The molecule has 1 amide bonds. The molecule has 386 valence electrons. The summed E-state index contributed by atoms with van der Waals surface area (Å²) in [6, 6.07) is -0.540. The van der Waals surface area contributed by atoms with E-state index in [4.69, 9.17) is 0 Å². The molecule has 4 nitrogen and oxygen atoms in total. The van der Waals surface area contributed by atoms with Crippen molar-refractivity contribution in [3.8, 4) is 0 Å². The van der Waals surface area contributed by atoms with E-state index in [-0.39, 0.29) is 12.5 Å². The molecule has 2 atom stereocenters. The van der Waals surface area contributed by atoms with Gasteiger partial charge in [-0.25, -0.2) is 0 Å². The molecule has 66 heavy (non-hydrogen) atoms. The van der Waals surface area contributed by atoms with Gasteiger partial charge in [0.25, 0.3) is 0 Å². The Balaban J connectivity index is 3.46. The Kier molecular flexibility index (Phi) is 55.7. The molecular formula is C62H115NO3. The minimum atomic E-state index is -0.663. The number of unbranched alkanes of at least 4 members (excludes halogenated alkanes) is 37. The number of aliphatic hydroxyl groups is 2. The van der Waals surface area contributed by atoms with E-state index in [9.17, 15) is 15.0 Å². The summed E-state index contributed by atoms with van der Waals surface area (Å²) in [5.41, 5.74) is 0. The number of hydrogen-bond acceptors (Lipinski definition) is 3. The largest absolute Gasteiger partial charge is 0.394 e. The molecule has 0 rings (SSSR count). The molecule has 0 saturated heterocycles. The first-order valence-corrected chi connectivity index (χ1v) is 29.5. The van der Waals surface area contributed by atoms with Gasteiger partial charge >= 0.3 is 0 Å². The van der Waals surface area contributed by atoms with Gasteiger partial charge in [0.15, 0.2) is 0 Å². The van der Waals surface area contributed by atoms with E-state index in [2.05, 4.69) is 79.9 Å². The molecule has 0 radical (unpaired) electrons. The lowest BCUT2D eigenvalue weighted by atomic mass is 10.0. The number of amides is 1. The van der Waals surface area contributed by atoms with E-state index in [1.165, 1.54) is 225 Å². The van der Waals surface area contributed by atoms with Crippen molar-refractivity contribution in [2.75, 3.05) is 6.61 Å². The van der Waals surface area contributed by atoms with Crippen LogP contribution in [0.2, 0.25) is 0 Å². The summed E-state index contributed by atoms with van der Waals surface area (Å²) < 4.78 is 0. The Morgan fingerprint density at radius 1 is 0.379 bits per heavy atom. The zero-order valence-corrected chi connectivity index (χ0v) is 44.5. The van der Waals surface area contributed by atoms with Gasteiger partial charge in [-0.3, -0.25) is 4.79 Å². The third-order valence-electron chi connectivity index (χ3n) is 13.5. The van der Waals surface area contributed by atoms with Gasteiger partial charge in [0.05, 0.1) is 18.8 Å². The number of nitrogens with one attached hydrogen (secondary N) is 1. The van der Waals surface area contributed by atoms with Gasteiger partial charge in [-0.05, 0) is 57.8 Å². The highest BCUT2D eigenvalue weighted by Crippen LogP contribution is 2.18. The van der Waals surface area contributed by atoms with Crippen LogP contribution in [-0.2, 0) is 4.79 Å². The van der Waals surface area contributed by atoms with Gasteiger partial charge in [0.1, 0.15) is 0 Å². The van der Waals surface area contributed by atoms with Crippen LogP contribution in [-0.4, -0.2) is 34.9 Å². The second-order valence-electron chi connectivity index (χ2n) is 20.0. The molecule has 0 heterocycles. The zero-order valence-electron chi connectivity index (χ0n) is 44.5. The van der Waals surface area contributed by atoms with E-state index in [1.54, 1.807) is 0 Å². The van der Waals surface area contributed by atoms with E-state index in [1.807, 2.05) is 0 Å². The molecule has 0 aliphatic carbocycles. The topological polar surface area (TPSA) is 69.6 Å². The molecule has 0 aliphatic heterocycles. The van der Waals surface area contributed by atoms with Gasteiger partial charge in [-0.2, -0.15) is 0 Å². The Bertz CT molecular complexity index is 1090. The number of hydrogen-bond donors (Lipinski definition) is 3. The molecule has 0 aromatic rings. The Labute approximate surface area is 413 Å². The second kappa shape index (κ2) is 57.4. The van der Waals surface area contributed by atoms with Crippen LogP contribution in [0.3, 0.4) is 0 Å². The number of rotatable bonds is 54. The predicted octanol–water partition coefficient (Wildman–Crippen LogP) is 19.6. The molecule has 0 aromatic heterocycles. The molecule has 0 fully saturated rings. The summed E-state index contributed by atoms with van der Waals surface area (Å²) in [7, 11) is 0. The van der Waals surface area contributed by atoms with Crippen LogP contribution in [0.15, 0.2) is 60.8 Å². The molecule has 4 heteroatoms. The highest BCUT2D eigenvalue weighted by Gasteiger charge is 2.20. The molecule has 2 unspecified atom stereocenters. The van der Waals surface area contributed by atoms with Gasteiger partial charge in [0.2, 0.25) is 5.91 Å². The fourth-order valence-corrected chi connectivity index (χ4v) is 9.10. The Morgan fingerprint density at radius 2 is 0.667 bits per heavy atom. The van der Waals surface area contributed by atoms with Crippen LogP contribution >= 0.6 is 0 Å². The number of carbonyl (C=O) groups is 1. The molecule has 0 aliphatic rings. The van der Waals surface area contributed by atoms with Crippen molar-refractivity contribution < 1.29 is 15.0 Å². The summed E-state index contributed by atoms with van der Waals surface area (Å²) in [5.74, 6) is -0.0305. The molecular weight excluding hydrogens is 807 g/mol. The van der Waals surface area contributed by atoms with Crippen molar-refractivity contribution in [2.45, 2.75) is 321 Å². The third kappa shape index (κ3) is 53.1. The number of allylic oxidation sites excluding steroid dienone is 10. The van der Waals surface area contributed by atoms with Crippen LogP contribution in [0.25, 0.3) is 0 Å². The lowest BCUT2D eigenvalue weighted by molar-refractivity contribution is -0.123. The fourth-order valence-electron chi connectivity index (χ4n) is 9.10. The maximum Gasteiger partial charge on any atom is 0.220 e. The first-order chi connectivity index (χ1) is 32.7. The average Bonchev–Trinajstić information content (AvgIpc) is 3.32. The third-order valence-corrected chi connectivity index (χ3v) is 13.5. The van der Waals surface area contributed by atoms with Crippen LogP contribution in [0.1, 0.15) is 309 Å². The Hall–Kier alpha value is -1.91. The minimum absolute atomic E-state index is 0.0305. The summed E-state index contributed by atoms with van der Waals surface area (Å²) in [4.78, 5) is 12.5. The summed E-state index contributed by atoms with van der Waals surface area (Å²) in [6.07, 6.45) is 80.7. The van der Waals surface area contributed by atoms with E-state index < -0.39 is 12.1 Å². The van der Waals surface area contributed by atoms with Crippen molar-refractivity contribution in [1.82, 2.24) is 5.32 Å². The fraction of sp³-hybridized carbons (Fsp3) is 0.823. The van der Waals surface area contributed by atoms with Crippen LogP contribution < -0.4 is 5.32 Å². The maximum absolute atomic E-state index is 12.5. The van der Waals surface area contributed by atoms with Gasteiger partial charge in [-0.1, -0.05) is 306 Å². The first-order valence-electron chi connectivity index (χ1n) is 29.5. The van der Waals surface area contributed by atoms with E-state index in [0.717, 1.165) is 57.8 Å². The summed E-state index contributed by atoms with van der Waals surface area (Å²) >= 11 is 0. The van der Waals surface area contributed by atoms with Gasteiger partial charge in [-0.15, -0.1) is 0 Å². The molecule has 0 saturated carbocycles. The van der Waals surface area contributed by atoms with Crippen LogP contribution in [0.4, 0.5) is 0 Å². The van der Waals surface area contributed by atoms with Crippen LogP contribution in [0.5, 0.6) is 0 Å². The average molecular weight is 923 g/mol. The van der Waals surface area contributed by atoms with Gasteiger partial charge in [0, 0.05) is 6.42 Å². The predicted molar refractivity (Wildman–Crippen MR) is 294 cm³/mol. The molecule has 0 bridgehead atoms. The summed E-state index contributed by atoms with van der Waals surface area (Å²) in [5, 5.41) is 23.4. The normalized spacial score (nSPS) is 13.2. The molecule has 3 N–H and O–H groups in total. The number of aliphatic hydroxyl groups excluding tert-OH is 2. The standard InChI is InChI=1S/C62H115NO3/c1-3-5-7-9-11-13-15-17-19-21-23-25-27-29-30-31-32-34-36-38-40-42-44-46-48-50-52-54-56-58-62(66)63-60(59-64)61(65)57-55-53-51-49-47-45-43-41-39-37-35-33-28-26-24-22-20-18-16-14-12-10-8-6-4-2/h5,7,11,13,17,19,23,25,29-30,60-61,64-65H,3-4,6,8-10,12,14-16,18,20-22,24,26-28,31-59H2,1-2H3,(H,63,66)/b7-5-,13-11-,19-17-,25-23-,30-29-. The highest BCUT2D eigenvalue weighted by atomic mass is 16.3. The van der Waals surface area contributed by atoms with Crippen molar-refractivity contribution in [2.24, 2.45) is 0 Å². The van der Waals surface area contributed by atoms with E-state index in [0.29, 0.717) is 12.8 Å². The molecule has 0 aromatic carbocycles. The van der Waals surface area contributed by atoms with Crippen molar-refractivity contribution in [3.63, 3.8) is 0 Å². The smallest absolute Gasteiger partial charge is 0.220 e. The zero-order chi connectivity index (χ0) is 47.7. The minimum Gasteiger partial charge on any atom is -0.394 e. The lowest BCUT2D eigenvalue weighted by Gasteiger charge is -2.22. The second-order valence-corrected chi connectivity index (χ2v) is 20.0. The van der Waals surface area contributed by atoms with Crippen LogP contribution in [0, 0.1) is 0 Å². The first kappa shape index (κ1) is 64.1. The van der Waals surface area contributed by atoms with Gasteiger partial charge < -0.3 is 15.5 Å². The SMILES string of the molecule is CC/C=C\C/C=C\C/C=C\C/C=C\C/C=C\CCCCCCCCCCCCCCCC(=O)NC(CO)C(O)CCCCCCCCCCCCCCCCCCCCCCCCCCC. The van der Waals surface area contributed by atoms with Crippen molar-refractivity contribution >= 4 is 5.91 Å².